The Kier molecular flexibility index (Phi) is 23.0. The minimum absolute atomic E-state index is 0. The molecule has 28 rings (SSSR count). The standard InChI is InChI=1S/C44H29N5.2C39H26N6.3Pt/c1-47-40-19-7-5-17-37(40)45-43(47)30-13-9-14-32(25-30)49-39-24-22-29(34-16-10-12-28-11-3-4-15-33(28)34)26-36(39)35-23-21-31(27-42(35)49)44-46-38-18-6-8-20-41(38)48(44)2;1-43-34-16-7-6-15-32(34)41-37(43)27-12-8-13-29(22-27)45-36-24-28(17-19-30(36)31-14-9-21-40-39(31)45)38-42-33-23-26(18-20-35(33)44(38)2)25-10-4-3-5-11-25;1-43-34-16-7-6-15-32(34)41-37(43)27-12-8-13-29(22-27)45-35-24-28(17-19-30(35)31-14-9-21-40-39(31)45)38-42-33-20-18-26(23-36(33)44(38)2)25-10-4-3-5-11-25;;;/h3-24,26H,1-2H3;2*3-21,23H,1-2H3;;;/q3*-2;3*+2. The first-order valence-corrected chi connectivity index (χ1v) is 46.3. The Hall–Kier alpha value is -16.4. The third-order valence-corrected chi connectivity index (χ3v) is 27.3. The normalized spacial score (nSPS) is 11.6. The topological polar surface area (TPSA) is 147 Å². The fourth-order valence-electron chi connectivity index (χ4n) is 20.4. The molecule has 684 valence electrons. The summed E-state index contributed by atoms with van der Waals surface area (Å²) in [6.07, 6.45) is 3.67. The van der Waals surface area contributed by atoms with Crippen molar-refractivity contribution < 1.29 is 63.2 Å². The second-order valence-electron chi connectivity index (χ2n) is 35.3. The van der Waals surface area contributed by atoms with Crippen LogP contribution in [0.4, 0.5) is 0 Å². The van der Waals surface area contributed by atoms with Crippen LogP contribution in [0.1, 0.15) is 0 Å². The molecule has 28 aromatic rings. The van der Waals surface area contributed by atoms with Crippen molar-refractivity contribution in [3.63, 3.8) is 0 Å². The molecule has 0 aliphatic rings. The van der Waals surface area contributed by atoms with Gasteiger partial charge in [-0.2, -0.15) is 0 Å². The SMILES string of the molecule is Cn1c(-c2[c-]c(-n3c4[c-]c(-c5nc6cc(-c7ccccc7)ccc6n5C)ccc4c4cccnc43)ccc2)nc2ccccc21.Cn1c(-c2[c-]c(-n3c4[c-]c(-c5nc6ccc(-c7ccccc7)cc6n5C)ccc4c4cccnc43)ccc2)nc2ccccc21.Cn1c(-c2[c-]c(-n3c4[c-]c(-c5nc6ccccc6n5C)ccc4c4cc(-c5cccc6ccccc56)ccc43)ccc2)nc2ccccc21.[Pt+2].[Pt+2].[Pt+2]. The summed E-state index contributed by atoms with van der Waals surface area (Å²) in [5.74, 6) is 5.22. The van der Waals surface area contributed by atoms with Gasteiger partial charge in [0.25, 0.3) is 0 Å². The van der Waals surface area contributed by atoms with Gasteiger partial charge >= 0.3 is 63.2 Å². The van der Waals surface area contributed by atoms with Crippen molar-refractivity contribution in [2.45, 2.75) is 0 Å². The molecule has 0 unspecified atom stereocenters. The van der Waals surface area contributed by atoms with E-state index in [2.05, 4.69) is 403 Å². The van der Waals surface area contributed by atoms with Crippen molar-refractivity contribution in [3.05, 3.63) is 419 Å². The number of aromatic nitrogens is 17. The van der Waals surface area contributed by atoms with E-state index in [-0.39, 0.29) is 63.2 Å². The minimum atomic E-state index is 0. The molecule has 20 heteroatoms. The number of benzene rings is 17. The van der Waals surface area contributed by atoms with E-state index in [1.54, 1.807) is 0 Å². The molecule has 0 bridgehead atoms. The molecule has 0 aliphatic carbocycles. The number of hydrogen-bond donors (Lipinski definition) is 0. The zero-order valence-corrected chi connectivity index (χ0v) is 84.2. The van der Waals surface area contributed by atoms with E-state index in [9.17, 15) is 0 Å². The quantitative estimate of drug-likeness (QED) is 0.110. The van der Waals surface area contributed by atoms with Crippen LogP contribution in [0.15, 0.2) is 382 Å². The zero-order chi connectivity index (χ0) is 92.8. The molecule has 0 radical (unpaired) electrons. The monoisotopic (exact) mass is 2370 g/mol. The van der Waals surface area contributed by atoms with Gasteiger partial charge in [0.05, 0.1) is 101 Å². The molecule has 142 heavy (non-hydrogen) atoms. The van der Waals surface area contributed by atoms with E-state index in [1.165, 1.54) is 38.6 Å². The molecule has 0 aliphatic heterocycles. The van der Waals surface area contributed by atoms with Crippen molar-refractivity contribution in [2.24, 2.45) is 42.3 Å². The summed E-state index contributed by atoms with van der Waals surface area (Å²) in [5, 5.41) is 9.05. The van der Waals surface area contributed by atoms with Crippen molar-refractivity contribution in [2.75, 3.05) is 0 Å². The van der Waals surface area contributed by atoms with Gasteiger partial charge in [0.1, 0.15) is 11.3 Å². The molecule has 0 saturated heterocycles. The predicted octanol–water partition coefficient (Wildman–Crippen LogP) is 27.4. The summed E-state index contributed by atoms with van der Waals surface area (Å²) in [6, 6.07) is 151. The molecule has 11 heterocycles. The first kappa shape index (κ1) is 89.5. The maximum absolute atomic E-state index is 5.10. The molecular formula is C122H81N17Pt3. The molecule has 17 nitrogen and oxygen atoms in total. The van der Waals surface area contributed by atoms with Gasteiger partial charge in [0.15, 0.2) is 0 Å². The Morgan fingerprint density at radius 1 is 0.197 bits per heavy atom. The van der Waals surface area contributed by atoms with Crippen LogP contribution in [0.2, 0.25) is 0 Å². The maximum atomic E-state index is 5.10. The van der Waals surface area contributed by atoms with E-state index in [0.29, 0.717) is 0 Å². The first-order valence-electron chi connectivity index (χ1n) is 46.3. The Bertz CT molecular complexity index is 9610. The second kappa shape index (κ2) is 36.4. The Morgan fingerprint density at radius 2 is 0.528 bits per heavy atom. The summed E-state index contributed by atoms with van der Waals surface area (Å²) >= 11 is 0. The smallest absolute Gasteiger partial charge is 0.367 e. The second-order valence-corrected chi connectivity index (χ2v) is 35.3. The van der Waals surface area contributed by atoms with Crippen molar-refractivity contribution in [1.29, 1.82) is 0 Å². The molecule has 0 saturated carbocycles. The summed E-state index contributed by atoms with van der Waals surface area (Å²) < 4.78 is 19.4. The molecular weight excluding hydrogens is 2290 g/mol. The third-order valence-electron chi connectivity index (χ3n) is 27.3. The number of hydrogen-bond acceptors (Lipinski definition) is 8. The van der Waals surface area contributed by atoms with Crippen molar-refractivity contribution >= 4 is 143 Å². The maximum Gasteiger partial charge on any atom is 2.00 e. The van der Waals surface area contributed by atoms with Crippen LogP contribution in [-0.2, 0) is 105 Å². The Labute approximate surface area is 859 Å². The molecule has 0 fully saturated rings. The molecule has 0 N–H and O–H groups in total. The fraction of sp³-hybridized carbons (Fsp3) is 0.0492. The van der Waals surface area contributed by atoms with E-state index in [0.717, 1.165) is 223 Å². The van der Waals surface area contributed by atoms with Crippen molar-refractivity contribution in [1.82, 2.24) is 81.0 Å². The number of nitrogens with zero attached hydrogens (tertiary/aromatic N) is 17. The molecule has 17 aromatic carbocycles. The van der Waals surface area contributed by atoms with Crippen LogP contribution in [-0.4, -0.2) is 81.0 Å². The van der Waals surface area contributed by atoms with Gasteiger partial charge in [-0.3, -0.25) is 29.9 Å². The summed E-state index contributed by atoms with van der Waals surface area (Å²) in [5.41, 5.74) is 33.2. The van der Waals surface area contributed by atoms with Crippen LogP contribution < -0.4 is 0 Å². The Balaban J connectivity index is 0.000000117. The largest absolute Gasteiger partial charge is 2.00 e. The fourth-order valence-corrected chi connectivity index (χ4v) is 20.4. The first-order chi connectivity index (χ1) is 68.4. The molecule has 0 spiro atoms. The Morgan fingerprint density at radius 3 is 0.986 bits per heavy atom. The minimum Gasteiger partial charge on any atom is -0.367 e. The predicted molar refractivity (Wildman–Crippen MR) is 563 cm³/mol. The zero-order valence-electron chi connectivity index (χ0n) is 77.4. The van der Waals surface area contributed by atoms with E-state index < -0.39 is 0 Å². The van der Waals surface area contributed by atoms with Crippen LogP contribution in [0.3, 0.4) is 0 Å². The van der Waals surface area contributed by atoms with Gasteiger partial charge in [-0.1, -0.05) is 204 Å². The van der Waals surface area contributed by atoms with Gasteiger partial charge < -0.3 is 41.1 Å². The molecule has 0 atom stereocenters. The summed E-state index contributed by atoms with van der Waals surface area (Å²) in [6.45, 7) is 0. The van der Waals surface area contributed by atoms with Crippen molar-refractivity contribution in [3.8, 4) is 119 Å². The van der Waals surface area contributed by atoms with Gasteiger partial charge in [-0.25, -0.2) is 9.97 Å². The average Bonchev–Trinajstić information content (AvgIpc) is 1.58. The van der Waals surface area contributed by atoms with E-state index in [1.807, 2.05) is 99.3 Å². The molecule has 0 amide bonds. The van der Waals surface area contributed by atoms with Crippen LogP contribution >= 0.6 is 0 Å². The number of para-hydroxylation sites is 8. The average molecular weight is 2370 g/mol. The summed E-state index contributed by atoms with van der Waals surface area (Å²) in [7, 11) is 12.4. The van der Waals surface area contributed by atoms with Crippen LogP contribution in [0.25, 0.3) is 261 Å². The number of imidazole rings is 6. The van der Waals surface area contributed by atoms with Gasteiger partial charge in [0, 0.05) is 60.2 Å². The van der Waals surface area contributed by atoms with Crippen LogP contribution in [0, 0.1) is 36.4 Å². The van der Waals surface area contributed by atoms with Gasteiger partial charge in [0.2, 0.25) is 0 Å². The number of fused-ring (bicyclic) bond motifs is 16. The number of pyridine rings is 2. The van der Waals surface area contributed by atoms with Gasteiger partial charge in [-0.05, 0) is 185 Å². The van der Waals surface area contributed by atoms with Crippen LogP contribution in [0.5, 0.6) is 0 Å². The summed E-state index contributed by atoms with van der Waals surface area (Å²) in [4.78, 5) is 39.7. The van der Waals surface area contributed by atoms with E-state index in [4.69, 9.17) is 39.9 Å². The number of aryl methyl sites for hydroxylation is 6. The third kappa shape index (κ3) is 15.1. The van der Waals surface area contributed by atoms with E-state index >= 15 is 0 Å². The molecule has 11 aromatic heterocycles. The van der Waals surface area contributed by atoms with Gasteiger partial charge in [-0.15, -0.1) is 161 Å². The number of rotatable bonds is 12.